The maximum absolute atomic E-state index is 13.0. The van der Waals surface area contributed by atoms with Gasteiger partial charge in [-0.05, 0) is 63.1 Å². The van der Waals surface area contributed by atoms with Gasteiger partial charge in [0.25, 0.3) is 0 Å². The normalized spacial score (nSPS) is 18.4. The topological polar surface area (TPSA) is 55.8 Å². The van der Waals surface area contributed by atoms with E-state index in [4.69, 9.17) is 9.47 Å². The van der Waals surface area contributed by atoms with Crippen LogP contribution < -0.4 is 9.47 Å². The van der Waals surface area contributed by atoms with Gasteiger partial charge in [0.1, 0.15) is 11.5 Å². The average molecular weight is 390 g/mol. The molecule has 1 fully saturated rings. The molecular weight excluding hydrogens is 362 g/mol. The summed E-state index contributed by atoms with van der Waals surface area (Å²) in [6.45, 7) is 5.44. The van der Waals surface area contributed by atoms with Gasteiger partial charge in [-0.3, -0.25) is 0 Å². The van der Waals surface area contributed by atoms with E-state index in [9.17, 15) is 8.42 Å². The second-order valence-corrected chi connectivity index (χ2v) is 9.07. The van der Waals surface area contributed by atoms with Gasteiger partial charge in [-0.25, -0.2) is 8.42 Å². The van der Waals surface area contributed by atoms with Crippen LogP contribution in [0.25, 0.3) is 0 Å². The summed E-state index contributed by atoms with van der Waals surface area (Å²) in [5, 5.41) is 0. The molecule has 2 aromatic rings. The lowest BCUT2D eigenvalue weighted by atomic mass is 10.0. The summed E-state index contributed by atoms with van der Waals surface area (Å²) in [5.41, 5.74) is 0. The molecule has 0 amide bonds. The number of piperidine rings is 1. The molecule has 27 heavy (non-hydrogen) atoms. The zero-order valence-corrected chi connectivity index (χ0v) is 16.7. The van der Waals surface area contributed by atoms with Crippen LogP contribution in [0.3, 0.4) is 0 Å². The van der Waals surface area contributed by atoms with Gasteiger partial charge < -0.3 is 9.47 Å². The van der Waals surface area contributed by atoms with E-state index in [1.165, 1.54) is 0 Å². The van der Waals surface area contributed by atoms with Crippen molar-refractivity contribution in [1.82, 2.24) is 4.31 Å². The van der Waals surface area contributed by atoms with Gasteiger partial charge in [0, 0.05) is 19.0 Å². The molecule has 1 atom stereocenters. The molecule has 0 aromatic heterocycles. The second kappa shape index (κ2) is 8.76. The van der Waals surface area contributed by atoms with Crippen molar-refractivity contribution in [3.63, 3.8) is 0 Å². The number of nitrogens with zero attached hydrogens (tertiary/aromatic N) is 1. The Morgan fingerprint density at radius 3 is 2.41 bits per heavy atom. The molecule has 0 bridgehead atoms. The molecule has 1 unspecified atom stereocenters. The molecule has 0 spiro atoms. The summed E-state index contributed by atoms with van der Waals surface area (Å²) in [7, 11) is -3.50. The van der Waals surface area contributed by atoms with Crippen LogP contribution >= 0.6 is 0 Å². The molecule has 1 aliphatic heterocycles. The van der Waals surface area contributed by atoms with Gasteiger partial charge in [-0.1, -0.05) is 18.2 Å². The molecule has 0 saturated carbocycles. The van der Waals surface area contributed by atoms with Crippen molar-refractivity contribution in [3.05, 3.63) is 54.6 Å². The quantitative estimate of drug-likeness (QED) is 0.719. The molecule has 146 valence electrons. The SMILES string of the molecule is CC(C)Oc1ccc(S(=O)(=O)N2CCCC(COc3ccccc3)C2)cc1. The Balaban J connectivity index is 1.63. The minimum Gasteiger partial charge on any atom is -0.493 e. The third-order valence-corrected chi connectivity index (χ3v) is 6.42. The number of hydrogen-bond acceptors (Lipinski definition) is 4. The molecule has 6 heteroatoms. The lowest BCUT2D eigenvalue weighted by Gasteiger charge is -2.31. The molecule has 0 aliphatic carbocycles. The van der Waals surface area contributed by atoms with Gasteiger partial charge in [0.15, 0.2) is 0 Å². The van der Waals surface area contributed by atoms with Crippen molar-refractivity contribution in [2.75, 3.05) is 19.7 Å². The molecule has 0 radical (unpaired) electrons. The fourth-order valence-electron chi connectivity index (χ4n) is 3.22. The zero-order chi connectivity index (χ0) is 19.3. The lowest BCUT2D eigenvalue weighted by Crippen LogP contribution is -2.41. The van der Waals surface area contributed by atoms with E-state index >= 15 is 0 Å². The monoisotopic (exact) mass is 389 g/mol. The van der Waals surface area contributed by atoms with E-state index in [0.717, 1.165) is 18.6 Å². The third kappa shape index (κ3) is 5.23. The molecule has 1 heterocycles. The Hall–Kier alpha value is -2.05. The van der Waals surface area contributed by atoms with E-state index in [0.29, 0.717) is 30.3 Å². The number of rotatable bonds is 7. The van der Waals surface area contributed by atoms with Crippen LogP contribution in [-0.2, 0) is 10.0 Å². The minimum absolute atomic E-state index is 0.0555. The summed E-state index contributed by atoms with van der Waals surface area (Å²) >= 11 is 0. The van der Waals surface area contributed by atoms with E-state index in [2.05, 4.69) is 0 Å². The molecule has 3 rings (SSSR count). The van der Waals surface area contributed by atoms with E-state index < -0.39 is 10.0 Å². The Labute approximate surface area is 162 Å². The van der Waals surface area contributed by atoms with Gasteiger partial charge >= 0.3 is 0 Å². The summed E-state index contributed by atoms with van der Waals surface area (Å²) in [6, 6.07) is 16.3. The maximum Gasteiger partial charge on any atom is 0.243 e. The van der Waals surface area contributed by atoms with Crippen LogP contribution in [-0.4, -0.2) is 38.5 Å². The lowest BCUT2D eigenvalue weighted by molar-refractivity contribution is 0.180. The predicted octanol–water partition coefficient (Wildman–Crippen LogP) is 3.95. The summed E-state index contributed by atoms with van der Waals surface area (Å²) < 4.78 is 39.0. The van der Waals surface area contributed by atoms with Crippen LogP contribution in [0.5, 0.6) is 11.5 Å². The average Bonchev–Trinajstić information content (AvgIpc) is 2.67. The zero-order valence-electron chi connectivity index (χ0n) is 15.9. The van der Waals surface area contributed by atoms with Crippen molar-refractivity contribution in [3.8, 4) is 11.5 Å². The summed E-state index contributed by atoms with van der Waals surface area (Å²) in [5.74, 6) is 1.69. The largest absolute Gasteiger partial charge is 0.493 e. The van der Waals surface area contributed by atoms with Gasteiger partial charge in [-0.2, -0.15) is 4.31 Å². The van der Waals surface area contributed by atoms with Crippen molar-refractivity contribution in [2.45, 2.75) is 37.7 Å². The van der Waals surface area contributed by atoms with Crippen LogP contribution in [0.1, 0.15) is 26.7 Å². The number of hydrogen-bond donors (Lipinski definition) is 0. The third-order valence-electron chi connectivity index (χ3n) is 4.54. The van der Waals surface area contributed by atoms with Crippen molar-refractivity contribution >= 4 is 10.0 Å². The summed E-state index contributed by atoms with van der Waals surface area (Å²) in [6.07, 6.45) is 1.87. The number of ether oxygens (including phenoxy) is 2. The first-order valence-electron chi connectivity index (χ1n) is 9.40. The fraction of sp³-hybridized carbons (Fsp3) is 0.429. The number of benzene rings is 2. The Kier molecular flexibility index (Phi) is 6.39. The first-order valence-corrected chi connectivity index (χ1v) is 10.8. The molecule has 2 aromatic carbocycles. The van der Waals surface area contributed by atoms with Gasteiger partial charge in [0.2, 0.25) is 10.0 Å². The van der Waals surface area contributed by atoms with Crippen LogP contribution in [0.4, 0.5) is 0 Å². The standard InChI is InChI=1S/C21H27NO4S/c1-17(2)26-20-10-12-21(13-11-20)27(23,24)22-14-6-7-18(15-22)16-25-19-8-4-3-5-9-19/h3-5,8-13,17-18H,6-7,14-16H2,1-2H3. The smallest absolute Gasteiger partial charge is 0.243 e. The van der Waals surface area contributed by atoms with E-state index in [-0.39, 0.29) is 12.0 Å². The Morgan fingerprint density at radius 1 is 1.04 bits per heavy atom. The molecule has 5 nitrogen and oxygen atoms in total. The molecule has 1 aliphatic rings. The second-order valence-electron chi connectivity index (χ2n) is 7.13. The first-order chi connectivity index (χ1) is 12.9. The minimum atomic E-state index is -3.50. The van der Waals surface area contributed by atoms with Crippen molar-refractivity contribution in [1.29, 1.82) is 0 Å². The van der Waals surface area contributed by atoms with Crippen molar-refractivity contribution in [2.24, 2.45) is 5.92 Å². The highest BCUT2D eigenvalue weighted by molar-refractivity contribution is 7.89. The Bertz CT molecular complexity index is 819. The van der Waals surface area contributed by atoms with Crippen LogP contribution in [0, 0.1) is 5.92 Å². The Morgan fingerprint density at radius 2 is 1.74 bits per heavy atom. The molecule has 1 saturated heterocycles. The summed E-state index contributed by atoms with van der Waals surface area (Å²) in [4.78, 5) is 0.309. The number of para-hydroxylation sites is 1. The van der Waals surface area contributed by atoms with E-state index in [1.54, 1.807) is 28.6 Å². The highest BCUT2D eigenvalue weighted by Crippen LogP contribution is 2.26. The van der Waals surface area contributed by atoms with Crippen LogP contribution in [0.15, 0.2) is 59.5 Å². The van der Waals surface area contributed by atoms with Crippen LogP contribution in [0.2, 0.25) is 0 Å². The molecular formula is C21H27NO4S. The van der Waals surface area contributed by atoms with Crippen molar-refractivity contribution < 1.29 is 17.9 Å². The highest BCUT2D eigenvalue weighted by Gasteiger charge is 2.30. The maximum atomic E-state index is 13.0. The number of sulfonamides is 1. The van der Waals surface area contributed by atoms with Gasteiger partial charge in [-0.15, -0.1) is 0 Å². The predicted molar refractivity (Wildman–Crippen MR) is 106 cm³/mol. The van der Waals surface area contributed by atoms with Gasteiger partial charge in [0.05, 0.1) is 17.6 Å². The molecule has 0 N–H and O–H groups in total. The fourth-order valence-corrected chi connectivity index (χ4v) is 4.78. The van der Waals surface area contributed by atoms with E-state index in [1.807, 2.05) is 44.2 Å². The first kappa shape index (κ1) is 19.7. The highest BCUT2D eigenvalue weighted by atomic mass is 32.2.